The first kappa shape index (κ1) is 33.2. The topological polar surface area (TPSA) is 62.1 Å². The van der Waals surface area contributed by atoms with Gasteiger partial charge in [0.1, 0.15) is 0 Å². The maximum atomic E-state index is 17.1. The smallest absolute Gasteiger partial charge is 0.388 e. The Balaban J connectivity index is 1.47. The molecule has 1 aliphatic heterocycles. The van der Waals surface area contributed by atoms with Crippen molar-refractivity contribution in [3.05, 3.63) is 80.3 Å². The molecule has 1 N–H and O–H groups in total. The van der Waals surface area contributed by atoms with Crippen LogP contribution in [0, 0.1) is 5.41 Å². The van der Waals surface area contributed by atoms with Crippen LogP contribution in [0.4, 0.5) is 32.3 Å². The second-order valence-corrected chi connectivity index (χ2v) is 14.7. The van der Waals surface area contributed by atoms with Crippen molar-refractivity contribution in [2.45, 2.75) is 101 Å². The third kappa shape index (κ3) is 6.79. The molecule has 2 aromatic heterocycles. The monoisotopic (exact) mass is 710 g/mol. The predicted octanol–water partition coefficient (Wildman–Crippen LogP) is 9.39. The fraction of sp³-hybridized carbons (Fsp3) is 0.559. The van der Waals surface area contributed by atoms with Gasteiger partial charge in [0, 0.05) is 61.1 Å². The number of anilines is 1. The van der Waals surface area contributed by atoms with E-state index in [9.17, 15) is 27.1 Å². The standard InChI is InChI=1S/C34H37BrF6N4O/c1-32(2)15-24-27(25(46)16-32)26(19-7-11-33(37,38)12-8-19)28(29(36)20-3-5-22(6-4-20)34(39,40)41)30(44-24)21-9-13-45(14-10-21)31-42-17-23(35)18-43-31/h3-6,17-19,21,25,29,46H,7-16H2,1-2H3/t25-,29?/m0/s1. The molecule has 5 nitrogen and oxygen atoms in total. The van der Waals surface area contributed by atoms with Gasteiger partial charge in [-0.25, -0.2) is 23.1 Å². The van der Waals surface area contributed by atoms with Crippen molar-refractivity contribution in [3.8, 4) is 0 Å². The first-order chi connectivity index (χ1) is 21.6. The van der Waals surface area contributed by atoms with Gasteiger partial charge in [-0.05, 0) is 89.0 Å². The Morgan fingerprint density at radius 1 is 0.935 bits per heavy atom. The number of aromatic nitrogens is 3. The van der Waals surface area contributed by atoms with Crippen molar-refractivity contribution in [1.29, 1.82) is 0 Å². The minimum absolute atomic E-state index is 0.0321. The van der Waals surface area contributed by atoms with E-state index < -0.39 is 35.9 Å². The van der Waals surface area contributed by atoms with Crippen LogP contribution in [0.25, 0.3) is 0 Å². The lowest BCUT2D eigenvalue weighted by Crippen LogP contribution is -2.36. The number of fused-ring (bicyclic) bond motifs is 1. The lowest BCUT2D eigenvalue weighted by atomic mass is 9.68. The van der Waals surface area contributed by atoms with Crippen LogP contribution in [0.15, 0.2) is 41.1 Å². The van der Waals surface area contributed by atoms with Gasteiger partial charge in [-0.3, -0.25) is 4.98 Å². The summed E-state index contributed by atoms with van der Waals surface area (Å²) in [5, 5.41) is 11.5. The van der Waals surface area contributed by atoms with E-state index in [2.05, 4.69) is 25.9 Å². The van der Waals surface area contributed by atoms with E-state index in [1.54, 1.807) is 12.4 Å². The number of alkyl halides is 6. The molecule has 1 unspecified atom stereocenters. The molecule has 6 rings (SSSR count). The largest absolute Gasteiger partial charge is 0.416 e. The molecule has 46 heavy (non-hydrogen) atoms. The summed E-state index contributed by atoms with van der Waals surface area (Å²) in [5.41, 5.74) is 1.30. The third-order valence-corrected chi connectivity index (χ3v) is 10.2. The molecule has 0 bridgehead atoms. The average Bonchev–Trinajstić information content (AvgIpc) is 2.99. The van der Waals surface area contributed by atoms with Crippen molar-refractivity contribution in [2.75, 3.05) is 18.0 Å². The Kier molecular flexibility index (Phi) is 8.93. The maximum Gasteiger partial charge on any atom is 0.416 e. The Morgan fingerprint density at radius 2 is 1.54 bits per heavy atom. The molecule has 0 spiro atoms. The Bertz CT molecular complexity index is 1550. The van der Waals surface area contributed by atoms with Gasteiger partial charge in [0.05, 0.1) is 21.8 Å². The normalized spacial score (nSPS) is 22.8. The second-order valence-electron chi connectivity index (χ2n) is 13.8. The van der Waals surface area contributed by atoms with Crippen molar-refractivity contribution >= 4 is 21.9 Å². The number of pyridine rings is 1. The first-order valence-corrected chi connectivity index (χ1v) is 16.6. The number of halogens is 7. The van der Waals surface area contributed by atoms with Gasteiger partial charge in [-0.2, -0.15) is 13.2 Å². The molecule has 0 radical (unpaired) electrons. The number of nitrogens with zero attached hydrogens (tertiary/aromatic N) is 4. The SMILES string of the molecule is CC1(C)Cc2nc(C3CCN(c4ncc(Br)cn4)CC3)c(C(F)c3ccc(C(F)(F)F)cc3)c(C3CCC(F)(F)CC3)c2[C@@H](O)C1. The van der Waals surface area contributed by atoms with Crippen LogP contribution in [-0.4, -0.2) is 39.1 Å². The fourth-order valence-corrected chi connectivity index (χ4v) is 7.74. The maximum absolute atomic E-state index is 17.1. The van der Waals surface area contributed by atoms with Crippen LogP contribution in [0.5, 0.6) is 0 Å². The molecule has 3 aromatic rings. The molecule has 2 fully saturated rings. The van der Waals surface area contributed by atoms with Crippen molar-refractivity contribution in [2.24, 2.45) is 5.41 Å². The lowest BCUT2D eigenvalue weighted by Gasteiger charge is -2.41. The highest BCUT2D eigenvalue weighted by Crippen LogP contribution is 2.52. The van der Waals surface area contributed by atoms with E-state index in [0.717, 1.165) is 28.7 Å². The number of aliphatic hydroxyl groups excluding tert-OH is 1. The van der Waals surface area contributed by atoms with Gasteiger partial charge in [0.2, 0.25) is 11.9 Å². The molecule has 1 saturated heterocycles. The van der Waals surface area contributed by atoms with Gasteiger partial charge in [0.25, 0.3) is 0 Å². The first-order valence-electron chi connectivity index (χ1n) is 15.8. The molecule has 1 saturated carbocycles. The number of hydrogen-bond acceptors (Lipinski definition) is 5. The van der Waals surface area contributed by atoms with Crippen LogP contribution < -0.4 is 4.90 Å². The lowest BCUT2D eigenvalue weighted by molar-refractivity contribution is -0.137. The summed E-state index contributed by atoms with van der Waals surface area (Å²) < 4.78 is 86.8. The third-order valence-electron chi connectivity index (χ3n) is 9.83. The Hall–Kier alpha value is -2.73. The van der Waals surface area contributed by atoms with Crippen LogP contribution in [-0.2, 0) is 12.6 Å². The molecule has 1 aromatic carbocycles. The molecule has 248 valence electrons. The number of benzene rings is 1. The van der Waals surface area contributed by atoms with E-state index in [0.29, 0.717) is 67.2 Å². The highest BCUT2D eigenvalue weighted by molar-refractivity contribution is 9.10. The van der Waals surface area contributed by atoms with Crippen LogP contribution in [0.3, 0.4) is 0 Å². The minimum Gasteiger partial charge on any atom is -0.388 e. The minimum atomic E-state index is -4.58. The molecule has 2 atom stereocenters. The van der Waals surface area contributed by atoms with E-state index in [-0.39, 0.29) is 48.1 Å². The van der Waals surface area contributed by atoms with E-state index in [1.807, 2.05) is 18.7 Å². The molecular formula is C34H37BrF6N4O. The van der Waals surface area contributed by atoms with Gasteiger partial charge < -0.3 is 10.0 Å². The Labute approximate surface area is 273 Å². The molecule has 12 heteroatoms. The summed E-state index contributed by atoms with van der Waals surface area (Å²) in [4.78, 5) is 15.9. The summed E-state index contributed by atoms with van der Waals surface area (Å²) in [5.74, 6) is -2.89. The summed E-state index contributed by atoms with van der Waals surface area (Å²) >= 11 is 3.35. The summed E-state index contributed by atoms with van der Waals surface area (Å²) in [6.45, 7) is 5.21. The van der Waals surface area contributed by atoms with E-state index in [1.165, 1.54) is 0 Å². The van der Waals surface area contributed by atoms with Crippen LogP contribution in [0.2, 0.25) is 0 Å². The van der Waals surface area contributed by atoms with Crippen LogP contribution >= 0.6 is 15.9 Å². The second kappa shape index (κ2) is 12.4. The zero-order valence-electron chi connectivity index (χ0n) is 25.7. The predicted molar refractivity (Wildman–Crippen MR) is 166 cm³/mol. The summed E-state index contributed by atoms with van der Waals surface area (Å²) in [6, 6.07) is 4.01. The summed E-state index contributed by atoms with van der Waals surface area (Å²) in [7, 11) is 0. The molecule has 3 heterocycles. The highest BCUT2D eigenvalue weighted by Gasteiger charge is 2.43. The highest BCUT2D eigenvalue weighted by atomic mass is 79.9. The quantitative estimate of drug-likeness (QED) is 0.268. The fourth-order valence-electron chi connectivity index (χ4n) is 7.54. The summed E-state index contributed by atoms with van der Waals surface area (Å²) in [6.07, 6.45) is -2.42. The number of hydrogen-bond donors (Lipinski definition) is 1. The van der Waals surface area contributed by atoms with Crippen molar-refractivity contribution in [3.63, 3.8) is 0 Å². The van der Waals surface area contributed by atoms with Gasteiger partial charge in [-0.15, -0.1) is 0 Å². The number of aliphatic hydroxyl groups is 1. The van der Waals surface area contributed by atoms with Gasteiger partial charge in [-0.1, -0.05) is 26.0 Å². The number of piperidine rings is 1. The molecule has 3 aliphatic rings. The van der Waals surface area contributed by atoms with E-state index in [4.69, 9.17) is 4.98 Å². The van der Waals surface area contributed by atoms with Gasteiger partial charge in [0.15, 0.2) is 6.17 Å². The zero-order chi connectivity index (χ0) is 33.0. The average molecular weight is 712 g/mol. The van der Waals surface area contributed by atoms with Gasteiger partial charge >= 0.3 is 6.18 Å². The molecule has 2 aliphatic carbocycles. The van der Waals surface area contributed by atoms with Crippen molar-refractivity contribution in [1.82, 2.24) is 15.0 Å². The Morgan fingerprint density at radius 3 is 2.13 bits per heavy atom. The van der Waals surface area contributed by atoms with Crippen molar-refractivity contribution < 1.29 is 31.4 Å². The zero-order valence-corrected chi connectivity index (χ0v) is 27.3. The number of rotatable bonds is 5. The molecule has 0 amide bonds. The van der Waals surface area contributed by atoms with Crippen LogP contribution in [0.1, 0.15) is 122 Å². The van der Waals surface area contributed by atoms with E-state index >= 15 is 4.39 Å². The molecular weight excluding hydrogens is 674 g/mol.